The number of hydrogen-bond donors (Lipinski definition) is 2. The molecule has 1 unspecified atom stereocenters. The van der Waals surface area contributed by atoms with Gasteiger partial charge in [0.1, 0.15) is 5.75 Å². The van der Waals surface area contributed by atoms with Crippen LogP contribution >= 0.6 is 11.6 Å². The first-order valence-corrected chi connectivity index (χ1v) is 8.47. The Morgan fingerprint density at radius 3 is 2.72 bits per heavy atom. The van der Waals surface area contributed by atoms with E-state index < -0.39 is 30.0 Å². The number of alkyl halides is 3. The number of aliphatic hydroxyl groups is 1. The zero-order valence-corrected chi connectivity index (χ0v) is 14.5. The monoisotopic (exact) mass is 379 g/mol. The summed E-state index contributed by atoms with van der Waals surface area (Å²) in [6, 6.07) is 4.66. The topological polar surface area (TPSA) is 58.6 Å². The van der Waals surface area contributed by atoms with Crippen LogP contribution in [0.2, 0.25) is 5.02 Å². The molecule has 1 aromatic rings. The molecule has 0 bridgehead atoms. The van der Waals surface area contributed by atoms with Gasteiger partial charge < -0.3 is 15.2 Å². The maximum Gasteiger partial charge on any atom is 0.392 e. The third-order valence-corrected chi connectivity index (χ3v) is 4.78. The van der Waals surface area contributed by atoms with Crippen molar-refractivity contribution in [3.8, 4) is 5.75 Å². The third kappa shape index (κ3) is 5.01. The van der Waals surface area contributed by atoms with Gasteiger partial charge in [-0.1, -0.05) is 24.4 Å². The lowest BCUT2D eigenvalue weighted by Crippen LogP contribution is -2.43. The van der Waals surface area contributed by atoms with Gasteiger partial charge in [-0.15, -0.1) is 0 Å². The maximum absolute atomic E-state index is 13.1. The molecule has 140 valence electrons. The summed E-state index contributed by atoms with van der Waals surface area (Å²) in [6.07, 6.45) is -4.30. The number of halogens is 4. The number of ether oxygens (including phenoxy) is 1. The van der Waals surface area contributed by atoms with Gasteiger partial charge in [-0.3, -0.25) is 4.79 Å². The highest BCUT2D eigenvalue weighted by Crippen LogP contribution is 2.41. The molecule has 8 heteroatoms. The lowest BCUT2D eigenvalue weighted by Gasteiger charge is -2.32. The Kier molecular flexibility index (Phi) is 6.57. The SMILES string of the molecule is COc1ccc(Cl)cc1C(O)CNC(=O)[C@@H]1CCCC[C@H]1C(F)(F)F. The highest BCUT2D eigenvalue weighted by Gasteiger charge is 2.48. The lowest BCUT2D eigenvalue weighted by atomic mass is 9.78. The molecule has 0 aromatic heterocycles. The molecule has 1 aliphatic rings. The Morgan fingerprint density at radius 1 is 1.40 bits per heavy atom. The first-order valence-electron chi connectivity index (χ1n) is 8.10. The minimum Gasteiger partial charge on any atom is -0.496 e. The molecular weight excluding hydrogens is 359 g/mol. The van der Waals surface area contributed by atoms with Crippen molar-refractivity contribution >= 4 is 17.5 Å². The van der Waals surface area contributed by atoms with Gasteiger partial charge in [0.05, 0.1) is 19.1 Å². The van der Waals surface area contributed by atoms with E-state index in [1.165, 1.54) is 13.2 Å². The van der Waals surface area contributed by atoms with Crippen molar-refractivity contribution in [2.45, 2.75) is 38.0 Å². The molecule has 3 atom stereocenters. The van der Waals surface area contributed by atoms with Crippen LogP contribution < -0.4 is 10.1 Å². The predicted octanol–water partition coefficient (Wildman–Crippen LogP) is 3.87. The fourth-order valence-electron chi connectivity index (χ4n) is 3.24. The molecule has 1 aromatic carbocycles. The van der Waals surface area contributed by atoms with Gasteiger partial charge in [-0.2, -0.15) is 13.2 Å². The zero-order chi connectivity index (χ0) is 18.6. The first kappa shape index (κ1) is 19.8. The number of hydrogen-bond acceptors (Lipinski definition) is 3. The van der Waals surface area contributed by atoms with Crippen LogP contribution in [-0.2, 0) is 4.79 Å². The average Bonchev–Trinajstić information content (AvgIpc) is 2.58. The summed E-state index contributed by atoms with van der Waals surface area (Å²) in [7, 11) is 1.42. The van der Waals surface area contributed by atoms with Gasteiger partial charge in [0.25, 0.3) is 0 Å². The van der Waals surface area contributed by atoms with Gasteiger partial charge in [-0.05, 0) is 31.0 Å². The van der Waals surface area contributed by atoms with Gasteiger partial charge in [-0.25, -0.2) is 0 Å². The first-order chi connectivity index (χ1) is 11.7. The summed E-state index contributed by atoms with van der Waals surface area (Å²) in [5.74, 6) is -3.03. The highest BCUT2D eigenvalue weighted by molar-refractivity contribution is 6.30. The summed E-state index contributed by atoms with van der Waals surface area (Å²) in [4.78, 5) is 12.2. The summed E-state index contributed by atoms with van der Waals surface area (Å²) < 4.78 is 44.4. The standard InChI is InChI=1S/C17H21ClF3NO3/c1-25-15-7-6-10(18)8-12(15)14(23)9-22-16(24)11-4-2-3-5-13(11)17(19,20)21/h6-8,11,13-14,23H,2-5,9H2,1H3,(H,22,24)/t11-,13-,14?/m1/s1. The van der Waals surface area contributed by atoms with Gasteiger partial charge >= 0.3 is 6.18 Å². The van der Waals surface area contributed by atoms with E-state index in [4.69, 9.17) is 16.3 Å². The zero-order valence-electron chi connectivity index (χ0n) is 13.8. The number of carbonyl (C=O) groups excluding carboxylic acids is 1. The second-order valence-corrected chi connectivity index (χ2v) is 6.62. The van der Waals surface area contributed by atoms with E-state index in [1.807, 2.05) is 0 Å². The molecule has 1 aliphatic carbocycles. The van der Waals surface area contributed by atoms with Crippen molar-refractivity contribution in [3.05, 3.63) is 28.8 Å². The molecule has 0 radical (unpaired) electrons. The van der Waals surface area contributed by atoms with Crippen LogP contribution in [0.5, 0.6) is 5.75 Å². The summed E-state index contributed by atoms with van der Waals surface area (Å²) >= 11 is 5.89. The van der Waals surface area contributed by atoms with Gasteiger partial charge in [0.15, 0.2) is 0 Å². The second-order valence-electron chi connectivity index (χ2n) is 6.19. The smallest absolute Gasteiger partial charge is 0.392 e. The predicted molar refractivity (Wildman–Crippen MR) is 87.5 cm³/mol. The largest absolute Gasteiger partial charge is 0.496 e. The van der Waals surface area contributed by atoms with Crippen LogP contribution in [0.25, 0.3) is 0 Å². The van der Waals surface area contributed by atoms with E-state index in [-0.39, 0.29) is 19.4 Å². The van der Waals surface area contributed by atoms with Gasteiger partial charge in [0, 0.05) is 23.0 Å². The molecule has 0 aliphatic heterocycles. The van der Waals surface area contributed by atoms with Crippen molar-refractivity contribution in [2.75, 3.05) is 13.7 Å². The third-order valence-electron chi connectivity index (χ3n) is 4.54. The number of aliphatic hydroxyl groups excluding tert-OH is 1. The van der Waals surface area contributed by atoms with Crippen LogP contribution in [0.15, 0.2) is 18.2 Å². The molecular formula is C17H21ClF3NO3. The Bertz CT molecular complexity index is 609. The minimum atomic E-state index is -4.39. The molecule has 1 saturated carbocycles. The number of amides is 1. The Labute approximate surface area is 149 Å². The van der Waals surface area contributed by atoms with E-state index in [0.29, 0.717) is 29.2 Å². The lowest BCUT2D eigenvalue weighted by molar-refractivity contribution is -0.198. The number of benzene rings is 1. The van der Waals surface area contributed by atoms with Gasteiger partial charge in [0.2, 0.25) is 5.91 Å². The van der Waals surface area contributed by atoms with E-state index in [2.05, 4.69) is 5.32 Å². The second kappa shape index (κ2) is 8.27. The number of rotatable bonds is 5. The van der Waals surface area contributed by atoms with Crippen molar-refractivity contribution < 1.29 is 27.8 Å². The summed E-state index contributed by atoms with van der Waals surface area (Å²) in [5.41, 5.74) is 0.367. The highest BCUT2D eigenvalue weighted by atomic mass is 35.5. The molecule has 0 spiro atoms. The van der Waals surface area contributed by atoms with Crippen LogP contribution in [0.1, 0.15) is 37.4 Å². The Morgan fingerprint density at radius 2 is 2.08 bits per heavy atom. The fourth-order valence-corrected chi connectivity index (χ4v) is 3.42. The van der Waals surface area contributed by atoms with E-state index in [1.54, 1.807) is 12.1 Å². The molecule has 25 heavy (non-hydrogen) atoms. The van der Waals surface area contributed by atoms with E-state index in [9.17, 15) is 23.1 Å². The summed E-state index contributed by atoms with van der Waals surface area (Å²) in [5, 5.41) is 13.1. The molecule has 1 amide bonds. The molecule has 0 heterocycles. The number of carbonyl (C=O) groups is 1. The Hall–Kier alpha value is -1.47. The number of nitrogens with one attached hydrogen (secondary N) is 1. The normalized spacial score (nSPS) is 22.3. The average molecular weight is 380 g/mol. The quantitative estimate of drug-likeness (QED) is 0.816. The van der Waals surface area contributed by atoms with Crippen molar-refractivity contribution in [1.29, 1.82) is 0 Å². The van der Waals surface area contributed by atoms with Crippen LogP contribution in [-0.4, -0.2) is 30.8 Å². The summed E-state index contributed by atoms with van der Waals surface area (Å²) in [6.45, 7) is -0.212. The van der Waals surface area contributed by atoms with Crippen molar-refractivity contribution in [2.24, 2.45) is 11.8 Å². The maximum atomic E-state index is 13.1. The van der Waals surface area contributed by atoms with Crippen LogP contribution in [0.3, 0.4) is 0 Å². The molecule has 2 N–H and O–H groups in total. The van der Waals surface area contributed by atoms with Crippen molar-refractivity contribution in [1.82, 2.24) is 5.32 Å². The molecule has 1 fully saturated rings. The molecule has 2 rings (SSSR count). The van der Waals surface area contributed by atoms with Crippen LogP contribution in [0.4, 0.5) is 13.2 Å². The molecule has 0 saturated heterocycles. The van der Waals surface area contributed by atoms with Crippen LogP contribution in [0, 0.1) is 11.8 Å². The van der Waals surface area contributed by atoms with E-state index in [0.717, 1.165) is 0 Å². The molecule has 4 nitrogen and oxygen atoms in total. The Balaban J connectivity index is 2.02. The fraction of sp³-hybridized carbons (Fsp3) is 0.588. The minimum absolute atomic E-state index is 0.0355. The number of methoxy groups -OCH3 is 1. The van der Waals surface area contributed by atoms with Crippen molar-refractivity contribution in [3.63, 3.8) is 0 Å². The van der Waals surface area contributed by atoms with E-state index >= 15 is 0 Å².